The van der Waals surface area contributed by atoms with Crippen LogP contribution in [0.1, 0.15) is 12.0 Å². The molecule has 2 amide bonds. The van der Waals surface area contributed by atoms with Crippen molar-refractivity contribution in [2.45, 2.75) is 6.42 Å². The molecule has 1 aliphatic rings. The van der Waals surface area contributed by atoms with Crippen LogP contribution in [0.4, 0.5) is 10.6 Å². The van der Waals surface area contributed by atoms with Gasteiger partial charge in [-0.05, 0) is 18.6 Å². The van der Waals surface area contributed by atoms with Crippen LogP contribution < -0.4 is 10.1 Å². The van der Waals surface area contributed by atoms with Gasteiger partial charge in [0.25, 0.3) is 0 Å². The SMILES string of the molecule is COCCOc1cc(-n2cnc(NC(=O)C3CCN(C(=O)O)C3)c2)ccc1C#N. The van der Waals surface area contributed by atoms with Gasteiger partial charge in [0, 0.05) is 26.3 Å². The molecule has 1 aliphatic heterocycles. The molecule has 1 saturated heterocycles. The van der Waals surface area contributed by atoms with Crippen LogP contribution in [0.25, 0.3) is 5.69 Å². The molecule has 10 heteroatoms. The van der Waals surface area contributed by atoms with E-state index in [0.717, 1.165) is 0 Å². The summed E-state index contributed by atoms with van der Waals surface area (Å²) < 4.78 is 12.2. The zero-order valence-corrected chi connectivity index (χ0v) is 15.9. The van der Waals surface area contributed by atoms with Crippen LogP contribution in [-0.2, 0) is 9.53 Å². The molecular formula is C19H21N5O5. The van der Waals surface area contributed by atoms with Crippen molar-refractivity contribution in [2.24, 2.45) is 5.92 Å². The summed E-state index contributed by atoms with van der Waals surface area (Å²) in [6.07, 6.45) is 2.64. The Labute approximate surface area is 167 Å². The van der Waals surface area contributed by atoms with Crippen LogP contribution in [0.2, 0.25) is 0 Å². The third kappa shape index (κ3) is 4.83. The first-order valence-electron chi connectivity index (χ1n) is 9.00. The second-order valence-electron chi connectivity index (χ2n) is 6.50. The second kappa shape index (κ2) is 9.07. The maximum absolute atomic E-state index is 12.4. The van der Waals surface area contributed by atoms with E-state index in [1.165, 1.54) is 11.2 Å². The molecule has 10 nitrogen and oxygen atoms in total. The standard InChI is InChI=1S/C19H21N5O5/c1-28-6-7-29-16-8-15(3-2-13(16)9-20)24-11-17(21-12-24)22-18(25)14-4-5-23(10-14)19(26)27/h2-3,8,11-12,14H,4-7,10H2,1H3,(H,22,25)(H,26,27). The van der Waals surface area contributed by atoms with Crippen molar-refractivity contribution >= 4 is 17.8 Å². The number of likely N-dealkylation sites (tertiary alicyclic amines) is 1. The lowest BCUT2D eigenvalue weighted by Gasteiger charge is -2.11. The molecule has 2 N–H and O–H groups in total. The van der Waals surface area contributed by atoms with Gasteiger partial charge in [-0.1, -0.05) is 0 Å². The molecule has 0 aliphatic carbocycles. The summed E-state index contributed by atoms with van der Waals surface area (Å²) >= 11 is 0. The van der Waals surface area contributed by atoms with Crippen LogP contribution in [-0.4, -0.2) is 65.0 Å². The fourth-order valence-corrected chi connectivity index (χ4v) is 3.02. The smallest absolute Gasteiger partial charge is 0.407 e. The minimum atomic E-state index is -1.02. The molecular weight excluding hydrogens is 378 g/mol. The van der Waals surface area contributed by atoms with Crippen LogP contribution in [0, 0.1) is 17.2 Å². The normalized spacial score (nSPS) is 15.7. The van der Waals surface area contributed by atoms with Gasteiger partial charge in [-0.3, -0.25) is 4.79 Å². The Balaban J connectivity index is 1.68. The lowest BCUT2D eigenvalue weighted by atomic mass is 10.1. The number of rotatable bonds is 7. The minimum Gasteiger partial charge on any atom is -0.490 e. The van der Waals surface area contributed by atoms with Crippen molar-refractivity contribution < 1.29 is 24.2 Å². The molecule has 152 valence electrons. The number of benzene rings is 1. The molecule has 1 atom stereocenters. The Morgan fingerprint density at radius 1 is 1.41 bits per heavy atom. The Kier molecular flexibility index (Phi) is 6.31. The van der Waals surface area contributed by atoms with Gasteiger partial charge < -0.3 is 29.4 Å². The molecule has 0 saturated carbocycles. The lowest BCUT2D eigenvalue weighted by Crippen LogP contribution is -2.30. The van der Waals surface area contributed by atoms with Crippen molar-refractivity contribution in [1.82, 2.24) is 14.5 Å². The van der Waals surface area contributed by atoms with Gasteiger partial charge in [0.2, 0.25) is 5.91 Å². The number of nitriles is 1. The number of hydrogen-bond acceptors (Lipinski definition) is 6. The van der Waals surface area contributed by atoms with Crippen molar-refractivity contribution in [3.8, 4) is 17.5 Å². The summed E-state index contributed by atoms with van der Waals surface area (Å²) in [6.45, 7) is 1.24. The average molecular weight is 399 g/mol. The highest BCUT2D eigenvalue weighted by Gasteiger charge is 2.31. The van der Waals surface area contributed by atoms with Crippen LogP contribution in [0.15, 0.2) is 30.7 Å². The van der Waals surface area contributed by atoms with E-state index < -0.39 is 12.0 Å². The van der Waals surface area contributed by atoms with Gasteiger partial charge in [-0.25, -0.2) is 9.78 Å². The van der Waals surface area contributed by atoms with Crippen LogP contribution >= 0.6 is 0 Å². The minimum absolute atomic E-state index is 0.180. The molecule has 1 fully saturated rings. The van der Waals surface area contributed by atoms with E-state index in [1.54, 1.807) is 36.1 Å². The molecule has 2 heterocycles. The number of aromatic nitrogens is 2. The van der Waals surface area contributed by atoms with E-state index in [-0.39, 0.29) is 12.5 Å². The highest BCUT2D eigenvalue weighted by Crippen LogP contribution is 2.23. The molecule has 0 spiro atoms. The maximum Gasteiger partial charge on any atom is 0.407 e. The van der Waals surface area contributed by atoms with E-state index >= 15 is 0 Å². The summed E-state index contributed by atoms with van der Waals surface area (Å²) in [4.78, 5) is 28.8. The number of carboxylic acid groups (broad SMARTS) is 1. The number of nitrogens with zero attached hydrogens (tertiary/aromatic N) is 4. The molecule has 3 rings (SSSR count). The van der Waals surface area contributed by atoms with Crippen molar-refractivity contribution in [2.75, 3.05) is 38.7 Å². The van der Waals surface area contributed by atoms with Crippen LogP contribution in [0.5, 0.6) is 5.75 Å². The lowest BCUT2D eigenvalue weighted by molar-refractivity contribution is -0.119. The fourth-order valence-electron chi connectivity index (χ4n) is 3.02. The predicted molar refractivity (Wildman–Crippen MR) is 102 cm³/mol. The first-order valence-corrected chi connectivity index (χ1v) is 9.00. The molecule has 0 bridgehead atoms. The molecule has 1 unspecified atom stereocenters. The van der Waals surface area contributed by atoms with Crippen molar-refractivity contribution in [3.63, 3.8) is 0 Å². The van der Waals surface area contributed by atoms with Gasteiger partial charge in [-0.2, -0.15) is 5.26 Å². The molecule has 1 aromatic carbocycles. The summed E-state index contributed by atoms with van der Waals surface area (Å²) in [5.74, 6) is 0.130. The Bertz CT molecular complexity index is 935. The van der Waals surface area contributed by atoms with Crippen molar-refractivity contribution in [3.05, 3.63) is 36.3 Å². The highest BCUT2D eigenvalue weighted by atomic mass is 16.5. The quantitative estimate of drug-likeness (QED) is 0.678. The number of ether oxygens (including phenoxy) is 2. The third-order valence-corrected chi connectivity index (χ3v) is 4.59. The summed E-state index contributed by atoms with van der Waals surface area (Å²) in [5.41, 5.74) is 1.12. The molecule has 0 radical (unpaired) electrons. The number of anilines is 1. The summed E-state index contributed by atoms with van der Waals surface area (Å²) in [7, 11) is 1.57. The molecule has 29 heavy (non-hydrogen) atoms. The number of hydrogen-bond donors (Lipinski definition) is 2. The maximum atomic E-state index is 12.4. The van der Waals surface area contributed by atoms with Gasteiger partial charge >= 0.3 is 6.09 Å². The molecule has 2 aromatic rings. The highest BCUT2D eigenvalue weighted by molar-refractivity contribution is 5.92. The van der Waals surface area contributed by atoms with Gasteiger partial charge in [0.05, 0.1) is 30.0 Å². The average Bonchev–Trinajstić information content (AvgIpc) is 3.38. The molecule has 1 aromatic heterocycles. The van der Waals surface area contributed by atoms with E-state index in [2.05, 4.69) is 16.4 Å². The van der Waals surface area contributed by atoms with E-state index in [0.29, 0.717) is 49.0 Å². The van der Waals surface area contributed by atoms with E-state index in [1.807, 2.05) is 0 Å². The first kappa shape index (κ1) is 20.2. The predicted octanol–water partition coefficient (Wildman–Crippen LogP) is 1.71. The first-order chi connectivity index (χ1) is 14.0. The van der Waals surface area contributed by atoms with Crippen molar-refractivity contribution in [1.29, 1.82) is 5.26 Å². The zero-order valence-electron chi connectivity index (χ0n) is 15.9. The second-order valence-corrected chi connectivity index (χ2v) is 6.50. The zero-order chi connectivity index (χ0) is 20.8. The van der Waals surface area contributed by atoms with Gasteiger partial charge in [-0.15, -0.1) is 0 Å². The largest absolute Gasteiger partial charge is 0.490 e. The summed E-state index contributed by atoms with van der Waals surface area (Å²) in [5, 5.41) is 21.0. The number of imidazole rings is 1. The van der Waals surface area contributed by atoms with E-state index in [4.69, 9.17) is 14.6 Å². The Morgan fingerprint density at radius 3 is 2.93 bits per heavy atom. The number of amides is 2. The number of carbonyl (C=O) groups excluding carboxylic acids is 1. The number of nitrogens with one attached hydrogen (secondary N) is 1. The third-order valence-electron chi connectivity index (χ3n) is 4.59. The number of methoxy groups -OCH3 is 1. The number of carbonyl (C=O) groups is 2. The topological polar surface area (TPSA) is 130 Å². The monoisotopic (exact) mass is 399 g/mol. The van der Waals surface area contributed by atoms with Gasteiger partial charge in [0.1, 0.15) is 24.8 Å². The van der Waals surface area contributed by atoms with Gasteiger partial charge in [0.15, 0.2) is 5.82 Å². The Morgan fingerprint density at radius 2 is 2.24 bits per heavy atom. The van der Waals surface area contributed by atoms with Crippen LogP contribution in [0.3, 0.4) is 0 Å². The van der Waals surface area contributed by atoms with E-state index in [9.17, 15) is 14.9 Å². The summed E-state index contributed by atoms with van der Waals surface area (Å²) in [6, 6.07) is 7.19. The fraction of sp³-hybridized carbons (Fsp3) is 0.368. The Hall–Kier alpha value is -3.58.